The SMILES string of the molecule is CCCN1C(=O)NC(c2cccc(NC(=O)CSc3ccccc3)c2)C(C(=O)OC(C)C)=C1C. The number of carbonyl (C=O) groups is 3. The van der Waals surface area contributed by atoms with Gasteiger partial charge >= 0.3 is 12.0 Å². The number of nitrogens with zero attached hydrogens (tertiary/aromatic N) is 1. The maximum absolute atomic E-state index is 13.0. The zero-order valence-electron chi connectivity index (χ0n) is 20.0. The molecular formula is C26H31N3O4S. The largest absolute Gasteiger partial charge is 0.459 e. The number of benzene rings is 2. The molecule has 0 fully saturated rings. The molecule has 1 aliphatic heterocycles. The van der Waals surface area contributed by atoms with E-state index in [1.165, 1.54) is 11.8 Å². The summed E-state index contributed by atoms with van der Waals surface area (Å²) < 4.78 is 5.50. The van der Waals surface area contributed by atoms with Gasteiger partial charge in [0.2, 0.25) is 5.91 Å². The number of rotatable bonds is 9. The summed E-state index contributed by atoms with van der Waals surface area (Å²) in [5, 5.41) is 5.85. The van der Waals surface area contributed by atoms with Gasteiger partial charge in [0, 0.05) is 22.8 Å². The van der Waals surface area contributed by atoms with E-state index in [1.807, 2.05) is 43.3 Å². The first-order chi connectivity index (χ1) is 16.3. The molecular weight excluding hydrogens is 450 g/mol. The molecule has 0 saturated heterocycles. The van der Waals surface area contributed by atoms with Gasteiger partial charge in [0.15, 0.2) is 0 Å². The van der Waals surface area contributed by atoms with Crippen molar-refractivity contribution in [1.82, 2.24) is 10.2 Å². The number of urea groups is 1. The highest BCUT2D eigenvalue weighted by molar-refractivity contribution is 8.00. The van der Waals surface area contributed by atoms with Crippen LogP contribution in [-0.2, 0) is 14.3 Å². The van der Waals surface area contributed by atoms with Crippen molar-refractivity contribution in [1.29, 1.82) is 0 Å². The highest BCUT2D eigenvalue weighted by Crippen LogP contribution is 2.33. The Morgan fingerprint density at radius 3 is 2.56 bits per heavy atom. The maximum atomic E-state index is 13.0. The number of amides is 3. The van der Waals surface area contributed by atoms with E-state index in [9.17, 15) is 14.4 Å². The van der Waals surface area contributed by atoms with Crippen LogP contribution in [0.5, 0.6) is 0 Å². The fraction of sp³-hybridized carbons (Fsp3) is 0.346. The van der Waals surface area contributed by atoms with Crippen LogP contribution in [-0.4, -0.2) is 41.2 Å². The summed E-state index contributed by atoms with van der Waals surface area (Å²) in [7, 11) is 0. The lowest BCUT2D eigenvalue weighted by atomic mass is 9.94. The van der Waals surface area contributed by atoms with Gasteiger partial charge in [-0.2, -0.15) is 0 Å². The number of hydrogen-bond donors (Lipinski definition) is 2. The van der Waals surface area contributed by atoms with Crippen molar-refractivity contribution in [3.05, 3.63) is 71.4 Å². The Balaban J connectivity index is 1.82. The Bertz CT molecular complexity index is 1070. The Morgan fingerprint density at radius 2 is 1.88 bits per heavy atom. The molecule has 1 heterocycles. The highest BCUT2D eigenvalue weighted by Gasteiger charge is 2.36. The topological polar surface area (TPSA) is 87.7 Å². The summed E-state index contributed by atoms with van der Waals surface area (Å²) in [6.45, 7) is 7.82. The van der Waals surface area contributed by atoms with Crippen LogP contribution in [0.3, 0.4) is 0 Å². The molecule has 0 radical (unpaired) electrons. The summed E-state index contributed by atoms with van der Waals surface area (Å²) in [6, 6.07) is 15.9. The lowest BCUT2D eigenvalue weighted by Crippen LogP contribution is -2.48. The van der Waals surface area contributed by atoms with Gasteiger partial charge in [-0.3, -0.25) is 9.69 Å². The molecule has 1 aliphatic rings. The van der Waals surface area contributed by atoms with Crippen molar-refractivity contribution in [3.8, 4) is 0 Å². The Kier molecular flexibility index (Phi) is 8.76. The first kappa shape index (κ1) is 25.4. The van der Waals surface area contributed by atoms with Crippen molar-refractivity contribution in [2.24, 2.45) is 0 Å². The van der Waals surface area contributed by atoms with Gasteiger partial charge in [-0.25, -0.2) is 9.59 Å². The van der Waals surface area contributed by atoms with Gasteiger partial charge in [0.05, 0.1) is 23.5 Å². The summed E-state index contributed by atoms with van der Waals surface area (Å²) >= 11 is 1.45. The number of allylic oxidation sites excluding steroid dienone is 1. The number of esters is 1. The second-order valence-corrected chi connectivity index (χ2v) is 9.31. The standard InChI is InChI=1S/C26H31N3O4S/c1-5-14-29-18(4)23(25(31)33-17(2)3)24(28-26(29)32)19-10-9-11-20(15-19)27-22(30)16-34-21-12-7-6-8-13-21/h6-13,15,17,24H,5,14,16H2,1-4H3,(H,27,30)(H,28,32). The van der Waals surface area contributed by atoms with E-state index in [4.69, 9.17) is 4.74 Å². The van der Waals surface area contributed by atoms with Crippen LogP contribution in [0.4, 0.5) is 10.5 Å². The monoisotopic (exact) mass is 481 g/mol. The van der Waals surface area contributed by atoms with E-state index in [-0.39, 0.29) is 23.8 Å². The molecule has 3 amide bonds. The van der Waals surface area contributed by atoms with Crippen LogP contribution in [0.2, 0.25) is 0 Å². The van der Waals surface area contributed by atoms with Crippen molar-refractivity contribution in [2.75, 3.05) is 17.6 Å². The molecule has 0 bridgehead atoms. The molecule has 1 unspecified atom stereocenters. The predicted octanol–water partition coefficient (Wildman–Crippen LogP) is 5.12. The fourth-order valence-corrected chi connectivity index (χ4v) is 4.44. The van der Waals surface area contributed by atoms with Crippen LogP contribution in [0.15, 0.2) is 70.8 Å². The lowest BCUT2D eigenvalue weighted by Gasteiger charge is -2.35. The molecule has 2 N–H and O–H groups in total. The second kappa shape index (κ2) is 11.7. The van der Waals surface area contributed by atoms with Gasteiger partial charge in [-0.05, 0) is 57.0 Å². The Labute approximate surface area is 204 Å². The average molecular weight is 482 g/mol. The third-order valence-electron chi connectivity index (χ3n) is 5.22. The second-order valence-electron chi connectivity index (χ2n) is 8.26. The molecule has 1 atom stereocenters. The van der Waals surface area contributed by atoms with Crippen LogP contribution in [0, 0.1) is 0 Å². The van der Waals surface area contributed by atoms with E-state index in [2.05, 4.69) is 10.6 Å². The van der Waals surface area contributed by atoms with Crippen molar-refractivity contribution in [2.45, 2.75) is 51.2 Å². The molecule has 0 saturated carbocycles. The van der Waals surface area contributed by atoms with E-state index in [0.717, 1.165) is 11.3 Å². The van der Waals surface area contributed by atoms with Gasteiger partial charge in [0.25, 0.3) is 0 Å². The Hall–Kier alpha value is -3.26. The molecule has 7 nitrogen and oxygen atoms in total. The number of anilines is 1. The highest BCUT2D eigenvalue weighted by atomic mass is 32.2. The minimum absolute atomic E-state index is 0.140. The van der Waals surface area contributed by atoms with Crippen LogP contribution in [0.25, 0.3) is 0 Å². The van der Waals surface area contributed by atoms with E-state index < -0.39 is 12.0 Å². The normalized spacial score (nSPS) is 15.9. The smallest absolute Gasteiger partial charge is 0.338 e. The average Bonchev–Trinajstić information content (AvgIpc) is 2.80. The molecule has 2 aromatic carbocycles. The third kappa shape index (κ3) is 6.41. The van der Waals surface area contributed by atoms with E-state index in [0.29, 0.717) is 29.1 Å². The molecule has 3 rings (SSSR count). The predicted molar refractivity (Wildman–Crippen MR) is 134 cm³/mol. The number of carbonyl (C=O) groups excluding carboxylic acids is 3. The molecule has 0 spiro atoms. The summed E-state index contributed by atoms with van der Waals surface area (Å²) in [4.78, 5) is 40.9. The van der Waals surface area contributed by atoms with Crippen molar-refractivity contribution < 1.29 is 19.1 Å². The fourth-order valence-electron chi connectivity index (χ4n) is 3.72. The Morgan fingerprint density at radius 1 is 1.15 bits per heavy atom. The number of nitrogens with one attached hydrogen (secondary N) is 2. The minimum Gasteiger partial charge on any atom is -0.459 e. The molecule has 8 heteroatoms. The maximum Gasteiger partial charge on any atom is 0.338 e. The van der Waals surface area contributed by atoms with Crippen LogP contribution in [0.1, 0.15) is 45.7 Å². The zero-order chi connectivity index (χ0) is 24.7. The summed E-state index contributed by atoms with van der Waals surface area (Å²) in [5.74, 6) is -0.336. The third-order valence-corrected chi connectivity index (χ3v) is 6.24. The molecule has 34 heavy (non-hydrogen) atoms. The zero-order valence-corrected chi connectivity index (χ0v) is 20.8. The number of ether oxygens (including phenoxy) is 1. The first-order valence-corrected chi connectivity index (χ1v) is 12.4. The van der Waals surface area contributed by atoms with Crippen molar-refractivity contribution >= 4 is 35.4 Å². The quantitative estimate of drug-likeness (QED) is 0.383. The van der Waals surface area contributed by atoms with Crippen molar-refractivity contribution in [3.63, 3.8) is 0 Å². The van der Waals surface area contributed by atoms with Gasteiger partial charge in [0.1, 0.15) is 0 Å². The molecule has 0 aromatic heterocycles. The number of thioether (sulfide) groups is 1. The van der Waals surface area contributed by atoms with Gasteiger partial charge < -0.3 is 15.4 Å². The lowest BCUT2D eigenvalue weighted by molar-refractivity contribution is -0.143. The van der Waals surface area contributed by atoms with Gasteiger partial charge in [-0.15, -0.1) is 11.8 Å². The van der Waals surface area contributed by atoms with Crippen LogP contribution < -0.4 is 10.6 Å². The molecule has 0 aliphatic carbocycles. The van der Waals surface area contributed by atoms with E-state index >= 15 is 0 Å². The van der Waals surface area contributed by atoms with E-state index in [1.54, 1.807) is 43.9 Å². The number of hydrogen-bond acceptors (Lipinski definition) is 5. The summed E-state index contributed by atoms with van der Waals surface area (Å²) in [5.41, 5.74) is 2.25. The minimum atomic E-state index is -0.678. The first-order valence-electron chi connectivity index (χ1n) is 11.4. The summed E-state index contributed by atoms with van der Waals surface area (Å²) in [6.07, 6.45) is 0.461. The van der Waals surface area contributed by atoms with Crippen LogP contribution >= 0.6 is 11.8 Å². The molecule has 180 valence electrons. The molecule has 2 aromatic rings. The van der Waals surface area contributed by atoms with Gasteiger partial charge in [-0.1, -0.05) is 37.3 Å².